The van der Waals surface area contributed by atoms with Crippen LogP contribution in [0.1, 0.15) is 21.5 Å². The predicted molar refractivity (Wildman–Crippen MR) is 96.9 cm³/mol. The number of halogens is 1. The highest BCUT2D eigenvalue weighted by Gasteiger charge is 2.14. The topological polar surface area (TPSA) is 77.2 Å². The Morgan fingerprint density at radius 1 is 1.20 bits per heavy atom. The van der Waals surface area contributed by atoms with Crippen molar-refractivity contribution in [3.05, 3.63) is 64.4 Å². The van der Waals surface area contributed by atoms with Gasteiger partial charge < -0.3 is 15.8 Å². The molecule has 1 aromatic carbocycles. The van der Waals surface area contributed by atoms with E-state index in [9.17, 15) is 9.18 Å². The molecule has 0 saturated carbocycles. The molecule has 0 spiro atoms. The number of amides is 1. The van der Waals surface area contributed by atoms with Crippen LogP contribution in [0.4, 0.5) is 15.9 Å². The van der Waals surface area contributed by atoms with Crippen LogP contribution in [0.3, 0.4) is 0 Å². The van der Waals surface area contributed by atoms with E-state index in [2.05, 4.69) is 10.3 Å². The molecule has 0 atom stereocenters. The minimum atomic E-state index is -0.681. The van der Waals surface area contributed by atoms with Crippen molar-refractivity contribution in [2.75, 3.05) is 11.1 Å². The number of pyridine rings is 1. The van der Waals surface area contributed by atoms with Gasteiger partial charge in [-0.2, -0.15) is 4.39 Å². The van der Waals surface area contributed by atoms with Crippen molar-refractivity contribution in [3.8, 4) is 10.8 Å². The Morgan fingerprint density at radius 3 is 2.56 bits per heavy atom. The van der Waals surface area contributed by atoms with Crippen LogP contribution in [0.2, 0.25) is 0 Å². The lowest BCUT2D eigenvalue weighted by Crippen LogP contribution is -2.16. The number of carbonyl (C=O) groups excluding carboxylic acids is 1. The molecule has 0 fully saturated rings. The molecule has 3 rings (SSSR count). The van der Waals surface area contributed by atoms with Gasteiger partial charge in [0, 0.05) is 16.8 Å². The van der Waals surface area contributed by atoms with E-state index in [-0.39, 0.29) is 16.9 Å². The number of nitrogens with one attached hydrogen (secondary N) is 1. The van der Waals surface area contributed by atoms with Crippen LogP contribution in [0.25, 0.3) is 0 Å². The third kappa shape index (κ3) is 3.77. The van der Waals surface area contributed by atoms with E-state index in [4.69, 9.17) is 10.5 Å². The number of aryl methyl sites for hydroxylation is 2. The molecule has 0 aliphatic carbocycles. The summed E-state index contributed by atoms with van der Waals surface area (Å²) in [5, 5.41) is 5.50. The number of rotatable bonds is 4. The molecule has 0 unspecified atom stereocenters. The number of nitrogen functional groups attached to an aromatic ring is 1. The van der Waals surface area contributed by atoms with Crippen LogP contribution in [-0.2, 0) is 0 Å². The molecular formula is C18H16FN3O2S. The maximum absolute atomic E-state index is 13.3. The summed E-state index contributed by atoms with van der Waals surface area (Å²) in [6.45, 7) is 3.50. The smallest absolute Gasteiger partial charge is 0.259 e. The fraction of sp³-hybridized carbons (Fsp3) is 0.111. The summed E-state index contributed by atoms with van der Waals surface area (Å²) in [7, 11) is 0. The molecule has 0 radical (unpaired) electrons. The van der Waals surface area contributed by atoms with E-state index in [0.29, 0.717) is 11.4 Å². The monoisotopic (exact) mass is 357 g/mol. The molecule has 7 heteroatoms. The third-order valence-electron chi connectivity index (χ3n) is 3.56. The number of benzene rings is 1. The van der Waals surface area contributed by atoms with Gasteiger partial charge in [-0.1, -0.05) is 0 Å². The Kier molecular flexibility index (Phi) is 4.67. The van der Waals surface area contributed by atoms with Crippen LogP contribution >= 0.6 is 11.3 Å². The van der Waals surface area contributed by atoms with Gasteiger partial charge in [-0.05, 0) is 55.6 Å². The van der Waals surface area contributed by atoms with Crippen molar-refractivity contribution < 1.29 is 13.9 Å². The number of aromatic nitrogens is 1. The normalized spacial score (nSPS) is 10.5. The van der Waals surface area contributed by atoms with E-state index in [1.807, 2.05) is 18.4 Å². The van der Waals surface area contributed by atoms with Gasteiger partial charge in [0.2, 0.25) is 5.95 Å². The van der Waals surface area contributed by atoms with Crippen molar-refractivity contribution in [1.29, 1.82) is 0 Å². The van der Waals surface area contributed by atoms with Crippen molar-refractivity contribution >= 4 is 28.7 Å². The van der Waals surface area contributed by atoms with Crippen molar-refractivity contribution in [3.63, 3.8) is 0 Å². The number of nitrogens with zero attached hydrogens (tertiary/aromatic N) is 1. The van der Waals surface area contributed by atoms with Gasteiger partial charge in [-0.15, -0.1) is 11.3 Å². The van der Waals surface area contributed by atoms with Gasteiger partial charge in [-0.25, -0.2) is 4.98 Å². The SMILES string of the molecule is Cc1cc(C(=O)Nc2ccc(Oc3sccc3C)cc2)c(N)nc1F. The van der Waals surface area contributed by atoms with Gasteiger partial charge in [0.15, 0.2) is 5.06 Å². The number of nitrogens with two attached hydrogens (primary N) is 1. The van der Waals surface area contributed by atoms with Gasteiger partial charge in [0.25, 0.3) is 5.91 Å². The van der Waals surface area contributed by atoms with E-state index in [1.54, 1.807) is 24.3 Å². The molecule has 25 heavy (non-hydrogen) atoms. The molecule has 128 valence electrons. The average Bonchev–Trinajstić information content (AvgIpc) is 2.97. The number of hydrogen-bond donors (Lipinski definition) is 2. The Bertz CT molecular complexity index is 923. The van der Waals surface area contributed by atoms with Gasteiger partial charge in [-0.3, -0.25) is 4.79 Å². The van der Waals surface area contributed by atoms with E-state index in [0.717, 1.165) is 10.6 Å². The highest BCUT2D eigenvalue weighted by molar-refractivity contribution is 7.12. The molecule has 3 aromatic rings. The van der Waals surface area contributed by atoms with Crippen molar-refractivity contribution in [2.45, 2.75) is 13.8 Å². The molecule has 1 amide bonds. The molecule has 0 bridgehead atoms. The average molecular weight is 357 g/mol. The summed E-state index contributed by atoms with van der Waals surface area (Å²) in [5.74, 6) is -0.605. The summed E-state index contributed by atoms with van der Waals surface area (Å²) in [6.07, 6.45) is 0. The van der Waals surface area contributed by atoms with Gasteiger partial charge in [0.05, 0.1) is 5.56 Å². The van der Waals surface area contributed by atoms with E-state index in [1.165, 1.54) is 24.3 Å². The first-order chi connectivity index (χ1) is 11.9. The molecular weight excluding hydrogens is 341 g/mol. The second-order valence-corrected chi connectivity index (χ2v) is 6.38. The van der Waals surface area contributed by atoms with Crippen LogP contribution in [0.5, 0.6) is 10.8 Å². The fourth-order valence-corrected chi connectivity index (χ4v) is 2.96. The first kappa shape index (κ1) is 16.9. The van der Waals surface area contributed by atoms with Gasteiger partial charge in [0.1, 0.15) is 11.6 Å². The Labute approximate surface area is 148 Å². The van der Waals surface area contributed by atoms with Crippen LogP contribution in [0, 0.1) is 19.8 Å². The number of ether oxygens (including phenoxy) is 1. The second-order valence-electron chi connectivity index (χ2n) is 5.50. The first-order valence-corrected chi connectivity index (χ1v) is 8.38. The predicted octanol–water partition coefficient (Wildman–Crippen LogP) is 4.53. The quantitative estimate of drug-likeness (QED) is 0.673. The first-order valence-electron chi connectivity index (χ1n) is 7.50. The summed E-state index contributed by atoms with van der Waals surface area (Å²) in [6, 6.07) is 10.3. The molecule has 0 aliphatic rings. The number of thiophene rings is 1. The summed E-state index contributed by atoms with van der Waals surface area (Å²) < 4.78 is 19.1. The molecule has 5 nitrogen and oxygen atoms in total. The summed E-state index contributed by atoms with van der Waals surface area (Å²) >= 11 is 1.52. The Morgan fingerprint density at radius 2 is 1.92 bits per heavy atom. The summed E-state index contributed by atoms with van der Waals surface area (Å²) in [5.41, 5.74) is 7.66. The highest BCUT2D eigenvalue weighted by Crippen LogP contribution is 2.31. The minimum Gasteiger partial charge on any atom is -0.446 e. The van der Waals surface area contributed by atoms with Gasteiger partial charge >= 0.3 is 0 Å². The zero-order valence-corrected chi connectivity index (χ0v) is 14.5. The van der Waals surface area contributed by atoms with Crippen LogP contribution in [-0.4, -0.2) is 10.9 Å². The van der Waals surface area contributed by atoms with Crippen molar-refractivity contribution in [2.24, 2.45) is 0 Å². The number of carbonyl (C=O) groups is 1. The fourth-order valence-electron chi connectivity index (χ4n) is 2.16. The largest absolute Gasteiger partial charge is 0.446 e. The lowest BCUT2D eigenvalue weighted by atomic mass is 10.2. The third-order valence-corrected chi connectivity index (χ3v) is 4.45. The lowest BCUT2D eigenvalue weighted by molar-refractivity contribution is 0.102. The maximum Gasteiger partial charge on any atom is 0.259 e. The minimum absolute atomic E-state index is 0.133. The zero-order chi connectivity index (χ0) is 18.0. The van der Waals surface area contributed by atoms with Crippen molar-refractivity contribution in [1.82, 2.24) is 4.98 Å². The number of anilines is 2. The lowest BCUT2D eigenvalue weighted by Gasteiger charge is -2.09. The Hall–Kier alpha value is -2.93. The zero-order valence-electron chi connectivity index (χ0n) is 13.7. The molecule has 2 aromatic heterocycles. The number of hydrogen-bond acceptors (Lipinski definition) is 5. The molecule has 2 heterocycles. The second kappa shape index (κ2) is 6.90. The molecule has 0 aliphatic heterocycles. The Balaban J connectivity index is 1.72. The van der Waals surface area contributed by atoms with Crippen LogP contribution in [0.15, 0.2) is 41.8 Å². The van der Waals surface area contributed by atoms with E-state index >= 15 is 0 Å². The molecule has 3 N–H and O–H groups in total. The standard InChI is InChI=1S/C18H16FN3O2S/c1-10-7-8-25-18(10)24-13-5-3-12(4-6-13)21-17(23)14-9-11(2)15(19)22-16(14)20/h3-9H,1-2H3,(H2,20,22)(H,21,23). The summed E-state index contributed by atoms with van der Waals surface area (Å²) in [4.78, 5) is 15.8. The maximum atomic E-state index is 13.3. The highest BCUT2D eigenvalue weighted by atomic mass is 32.1. The van der Waals surface area contributed by atoms with Crippen LogP contribution < -0.4 is 15.8 Å². The molecule has 0 saturated heterocycles. The van der Waals surface area contributed by atoms with E-state index < -0.39 is 11.9 Å².